The maximum absolute atomic E-state index is 9.47. The maximum atomic E-state index is 9.47. The maximum Gasteiger partial charge on any atom is 0.161 e. The summed E-state index contributed by atoms with van der Waals surface area (Å²) in [4.78, 5) is 0. The van der Waals surface area contributed by atoms with Crippen molar-refractivity contribution in [3.05, 3.63) is 47.9 Å². The number of hydrogen-bond donors (Lipinski definition) is 2. The molecule has 0 atom stereocenters. The van der Waals surface area contributed by atoms with Crippen LogP contribution < -0.4 is 10.5 Å². The van der Waals surface area contributed by atoms with Crippen LogP contribution in [0.2, 0.25) is 0 Å². The summed E-state index contributed by atoms with van der Waals surface area (Å²) in [6.45, 7) is 0.720. The van der Waals surface area contributed by atoms with Crippen molar-refractivity contribution in [3.8, 4) is 11.5 Å². The second kappa shape index (κ2) is 4.72. The lowest BCUT2D eigenvalue weighted by atomic mass is 10.3. The normalized spacial score (nSPS) is 10.3. The molecule has 4 heteroatoms. The van der Waals surface area contributed by atoms with Gasteiger partial charge in [0.15, 0.2) is 11.5 Å². The predicted octanol–water partition coefficient (Wildman–Crippen LogP) is 2.02. The standard InChI is InChI=1S/C12H13NO3/c13-6-10-5-9(7-15-10)8-16-12-4-2-1-3-11(12)14/h1-5,7,14H,6,8,13H2. The highest BCUT2D eigenvalue weighted by Gasteiger charge is 2.03. The molecule has 1 aromatic carbocycles. The summed E-state index contributed by atoms with van der Waals surface area (Å²) in [5, 5.41) is 9.47. The van der Waals surface area contributed by atoms with Crippen LogP contribution in [0.1, 0.15) is 11.3 Å². The highest BCUT2D eigenvalue weighted by Crippen LogP contribution is 2.25. The molecule has 1 aromatic heterocycles. The minimum atomic E-state index is 0.130. The van der Waals surface area contributed by atoms with Crippen LogP contribution in [0.25, 0.3) is 0 Å². The predicted molar refractivity (Wildman–Crippen MR) is 59.0 cm³/mol. The van der Waals surface area contributed by atoms with Crippen LogP contribution >= 0.6 is 0 Å². The molecule has 0 spiro atoms. The third-order valence-electron chi connectivity index (χ3n) is 2.17. The number of furan rings is 1. The van der Waals surface area contributed by atoms with Gasteiger partial charge < -0.3 is 20.0 Å². The highest BCUT2D eigenvalue weighted by molar-refractivity contribution is 5.38. The summed E-state index contributed by atoms with van der Waals surface area (Å²) in [7, 11) is 0. The third kappa shape index (κ3) is 2.35. The smallest absolute Gasteiger partial charge is 0.161 e. The fourth-order valence-corrected chi connectivity index (χ4v) is 1.35. The average molecular weight is 219 g/mol. The summed E-state index contributed by atoms with van der Waals surface area (Å²) in [6, 6.07) is 8.66. The zero-order valence-corrected chi connectivity index (χ0v) is 8.72. The second-order valence-electron chi connectivity index (χ2n) is 3.38. The number of phenolic OH excluding ortho intramolecular Hbond substituents is 1. The Hall–Kier alpha value is -1.94. The van der Waals surface area contributed by atoms with Gasteiger partial charge >= 0.3 is 0 Å². The van der Waals surface area contributed by atoms with Crippen molar-refractivity contribution in [2.75, 3.05) is 0 Å². The lowest BCUT2D eigenvalue weighted by Gasteiger charge is -2.05. The fraction of sp³-hybridized carbons (Fsp3) is 0.167. The van der Waals surface area contributed by atoms with Crippen molar-refractivity contribution in [1.82, 2.24) is 0 Å². The topological polar surface area (TPSA) is 68.6 Å². The summed E-state index contributed by atoms with van der Waals surface area (Å²) < 4.78 is 10.6. The van der Waals surface area contributed by atoms with E-state index in [2.05, 4.69) is 0 Å². The van der Waals surface area contributed by atoms with Crippen molar-refractivity contribution in [3.63, 3.8) is 0 Å². The Balaban J connectivity index is 1.99. The van der Waals surface area contributed by atoms with Gasteiger partial charge in [0.1, 0.15) is 12.4 Å². The van der Waals surface area contributed by atoms with Crippen molar-refractivity contribution in [2.45, 2.75) is 13.2 Å². The van der Waals surface area contributed by atoms with Gasteiger partial charge in [-0.15, -0.1) is 0 Å². The number of para-hydroxylation sites is 2. The first-order chi connectivity index (χ1) is 7.79. The number of hydrogen-bond acceptors (Lipinski definition) is 4. The van der Waals surface area contributed by atoms with E-state index in [-0.39, 0.29) is 5.75 Å². The van der Waals surface area contributed by atoms with Crippen LogP contribution in [-0.4, -0.2) is 5.11 Å². The van der Waals surface area contributed by atoms with E-state index >= 15 is 0 Å². The Morgan fingerprint density at radius 3 is 2.81 bits per heavy atom. The van der Waals surface area contributed by atoms with Gasteiger partial charge in [-0.05, 0) is 18.2 Å². The van der Waals surface area contributed by atoms with Crippen LogP contribution in [0.3, 0.4) is 0 Å². The minimum absolute atomic E-state index is 0.130. The van der Waals surface area contributed by atoms with Crippen molar-refractivity contribution >= 4 is 0 Å². The fourth-order valence-electron chi connectivity index (χ4n) is 1.35. The van der Waals surface area contributed by atoms with Gasteiger partial charge in [0.2, 0.25) is 0 Å². The molecule has 84 valence electrons. The molecule has 0 bridgehead atoms. The van der Waals surface area contributed by atoms with Gasteiger partial charge in [-0.25, -0.2) is 0 Å². The van der Waals surface area contributed by atoms with Gasteiger partial charge in [-0.3, -0.25) is 0 Å². The van der Waals surface area contributed by atoms with E-state index in [0.717, 1.165) is 11.3 Å². The van der Waals surface area contributed by atoms with Gasteiger partial charge in [0, 0.05) is 5.56 Å². The van der Waals surface area contributed by atoms with Crippen molar-refractivity contribution < 1.29 is 14.3 Å². The zero-order chi connectivity index (χ0) is 11.4. The van der Waals surface area contributed by atoms with Crippen LogP contribution in [0, 0.1) is 0 Å². The Bertz CT molecular complexity index is 465. The molecule has 16 heavy (non-hydrogen) atoms. The Morgan fingerprint density at radius 2 is 2.12 bits per heavy atom. The summed E-state index contributed by atoms with van der Waals surface area (Å²) in [5.41, 5.74) is 6.31. The number of nitrogens with two attached hydrogens (primary N) is 1. The Labute approximate surface area is 93.3 Å². The first-order valence-corrected chi connectivity index (χ1v) is 4.96. The lowest BCUT2D eigenvalue weighted by molar-refractivity contribution is 0.288. The Kier molecular flexibility index (Phi) is 3.12. The quantitative estimate of drug-likeness (QED) is 0.825. The molecule has 1 heterocycles. The van der Waals surface area contributed by atoms with E-state index in [1.807, 2.05) is 6.07 Å². The van der Waals surface area contributed by atoms with E-state index in [9.17, 15) is 5.11 Å². The summed E-state index contributed by atoms with van der Waals surface area (Å²) >= 11 is 0. The number of aromatic hydroxyl groups is 1. The van der Waals surface area contributed by atoms with Crippen molar-refractivity contribution in [1.29, 1.82) is 0 Å². The molecule has 0 unspecified atom stereocenters. The molecule has 0 saturated carbocycles. The van der Waals surface area contributed by atoms with Gasteiger partial charge in [0.25, 0.3) is 0 Å². The number of benzene rings is 1. The van der Waals surface area contributed by atoms with E-state index in [4.69, 9.17) is 14.9 Å². The van der Waals surface area contributed by atoms with Crippen molar-refractivity contribution in [2.24, 2.45) is 5.73 Å². The molecule has 0 saturated heterocycles. The Morgan fingerprint density at radius 1 is 1.31 bits per heavy atom. The monoisotopic (exact) mass is 219 g/mol. The third-order valence-corrected chi connectivity index (χ3v) is 2.17. The van der Waals surface area contributed by atoms with E-state index in [1.54, 1.807) is 30.5 Å². The van der Waals surface area contributed by atoms with E-state index in [0.29, 0.717) is 18.9 Å². The molecule has 4 nitrogen and oxygen atoms in total. The molecule has 0 amide bonds. The van der Waals surface area contributed by atoms with Crippen LogP contribution in [0.4, 0.5) is 0 Å². The molecule has 0 aliphatic carbocycles. The van der Waals surface area contributed by atoms with Gasteiger partial charge in [-0.2, -0.15) is 0 Å². The molecule has 0 radical (unpaired) electrons. The lowest BCUT2D eigenvalue weighted by Crippen LogP contribution is -1.95. The molecule has 0 aliphatic heterocycles. The first kappa shape index (κ1) is 10.6. The number of ether oxygens (including phenoxy) is 1. The van der Waals surface area contributed by atoms with E-state index in [1.165, 1.54) is 0 Å². The highest BCUT2D eigenvalue weighted by atomic mass is 16.5. The summed E-state index contributed by atoms with van der Waals surface area (Å²) in [6.07, 6.45) is 1.60. The molecule has 0 fully saturated rings. The molecular formula is C12H13NO3. The molecule has 0 aliphatic rings. The SMILES string of the molecule is NCc1cc(COc2ccccc2O)co1. The molecule has 2 rings (SSSR count). The van der Waals surface area contributed by atoms with Gasteiger partial charge in [0.05, 0.1) is 12.8 Å². The van der Waals surface area contributed by atoms with Gasteiger partial charge in [-0.1, -0.05) is 12.1 Å². The van der Waals surface area contributed by atoms with Crippen LogP contribution in [0.5, 0.6) is 11.5 Å². The summed E-state index contributed by atoms with van der Waals surface area (Å²) in [5.74, 6) is 1.30. The number of phenols is 1. The van der Waals surface area contributed by atoms with Crippen LogP contribution in [0.15, 0.2) is 41.0 Å². The van der Waals surface area contributed by atoms with Crippen LogP contribution in [-0.2, 0) is 13.2 Å². The second-order valence-corrected chi connectivity index (χ2v) is 3.38. The number of rotatable bonds is 4. The van der Waals surface area contributed by atoms with E-state index < -0.39 is 0 Å². The molecular weight excluding hydrogens is 206 g/mol. The average Bonchev–Trinajstić information content (AvgIpc) is 2.76. The molecule has 3 N–H and O–H groups in total. The minimum Gasteiger partial charge on any atom is -0.504 e. The first-order valence-electron chi connectivity index (χ1n) is 4.96. The zero-order valence-electron chi connectivity index (χ0n) is 8.72. The molecule has 2 aromatic rings. The largest absolute Gasteiger partial charge is 0.504 e.